The first kappa shape index (κ1) is 11.3. The molecule has 92 valence electrons. The number of rotatable bonds is 2. The van der Waals surface area contributed by atoms with Crippen LogP contribution in [0.1, 0.15) is 23.0 Å². The third kappa shape index (κ3) is 1.38. The van der Waals surface area contributed by atoms with Crippen LogP contribution < -0.4 is 0 Å². The van der Waals surface area contributed by atoms with Crippen LogP contribution in [-0.2, 0) is 6.42 Å². The van der Waals surface area contributed by atoms with Crippen LogP contribution >= 0.6 is 15.9 Å². The van der Waals surface area contributed by atoms with Gasteiger partial charge in [0.05, 0.1) is 11.0 Å². The summed E-state index contributed by atoms with van der Waals surface area (Å²) in [6.45, 7) is 2.07. The lowest BCUT2D eigenvalue weighted by Crippen LogP contribution is -1.98. The highest BCUT2D eigenvalue weighted by molar-refractivity contribution is 9.10. The van der Waals surface area contributed by atoms with E-state index in [2.05, 4.69) is 32.8 Å². The first-order valence-corrected chi connectivity index (χ1v) is 6.33. The average molecular weight is 308 g/mol. The minimum atomic E-state index is -1.01. The van der Waals surface area contributed by atoms with Gasteiger partial charge in [-0.15, -0.1) is 0 Å². The van der Waals surface area contributed by atoms with Crippen molar-refractivity contribution in [2.75, 3.05) is 0 Å². The first-order chi connectivity index (χ1) is 8.63. The fourth-order valence-corrected chi connectivity index (χ4v) is 2.77. The molecule has 5 nitrogen and oxygen atoms in total. The van der Waals surface area contributed by atoms with Crippen molar-refractivity contribution in [3.8, 4) is 0 Å². The maximum absolute atomic E-state index is 11.0. The summed E-state index contributed by atoms with van der Waals surface area (Å²) in [5.41, 5.74) is 3.07. The zero-order chi connectivity index (χ0) is 12.9. The van der Waals surface area contributed by atoms with Gasteiger partial charge in [0.15, 0.2) is 5.69 Å². The molecule has 0 aliphatic carbocycles. The van der Waals surface area contributed by atoms with Gasteiger partial charge in [-0.1, -0.05) is 19.1 Å². The summed E-state index contributed by atoms with van der Waals surface area (Å²) in [4.78, 5) is 18.3. The van der Waals surface area contributed by atoms with Gasteiger partial charge in [-0.25, -0.2) is 9.78 Å². The molecule has 0 atom stereocenters. The highest BCUT2D eigenvalue weighted by Crippen LogP contribution is 2.26. The second kappa shape index (κ2) is 3.84. The first-order valence-electron chi connectivity index (χ1n) is 5.54. The Morgan fingerprint density at radius 3 is 3.00 bits per heavy atom. The maximum Gasteiger partial charge on any atom is 0.355 e. The molecule has 6 heteroatoms. The quantitative estimate of drug-likeness (QED) is 0.765. The standard InChI is InChI=1S/C12H10BrN3O2/c1-2-6-4-3-5-7-8(6)14-12-15-9(11(17)18)10(13)16(7)12/h3-5H,2H2,1H3,(H,14,15)(H,17,18). The molecular formula is C12H10BrN3O2. The largest absolute Gasteiger partial charge is 0.476 e. The van der Waals surface area contributed by atoms with Crippen molar-refractivity contribution in [3.05, 3.63) is 34.1 Å². The van der Waals surface area contributed by atoms with E-state index in [0.29, 0.717) is 10.4 Å². The Bertz CT molecular complexity index is 772. The Hall–Kier alpha value is -1.82. The van der Waals surface area contributed by atoms with Gasteiger partial charge < -0.3 is 10.1 Å². The summed E-state index contributed by atoms with van der Waals surface area (Å²) in [5.74, 6) is -0.470. The van der Waals surface area contributed by atoms with Gasteiger partial charge in [-0.2, -0.15) is 0 Å². The molecule has 1 aromatic carbocycles. The summed E-state index contributed by atoms with van der Waals surface area (Å²) in [6, 6.07) is 5.91. The molecule has 0 amide bonds. The highest BCUT2D eigenvalue weighted by atomic mass is 79.9. The van der Waals surface area contributed by atoms with E-state index >= 15 is 0 Å². The molecule has 0 unspecified atom stereocenters. The summed E-state index contributed by atoms with van der Waals surface area (Å²) in [6.07, 6.45) is 0.890. The smallest absolute Gasteiger partial charge is 0.355 e. The van der Waals surface area contributed by atoms with E-state index in [-0.39, 0.29) is 5.69 Å². The summed E-state index contributed by atoms with van der Waals surface area (Å²) >= 11 is 3.31. The molecule has 0 aliphatic heterocycles. The number of aromatic nitrogens is 3. The fourth-order valence-electron chi connectivity index (χ4n) is 2.14. The van der Waals surface area contributed by atoms with Gasteiger partial charge in [-0.3, -0.25) is 4.40 Å². The van der Waals surface area contributed by atoms with Crippen molar-refractivity contribution in [2.24, 2.45) is 0 Å². The lowest BCUT2D eigenvalue weighted by Gasteiger charge is -1.98. The average Bonchev–Trinajstić information content (AvgIpc) is 2.86. The normalized spacial score (nSPS) is 11.4. The summed E-state index contributed by atoms with van der Waals surface area (Å²) < 4.78 is 2.26. The molecule has 0 saturated heterocycles. The predicted molar refractivity (Wildman–Crippen MR) is 71.1 cm³/mol. The molecule has 2 heterocycles. The molecule has 3 rings (SSSR count). The Morgan fingerprint density at radius 1 is 1.56 bits per heavy atom. The number of carboxylic acids is 1. The van der Waals surface area contributed by atoms with Crippen molar-refractivity contribution < 1.29 is 9.90 Å². The number of benzene rings is 1. The molecule has 2 aromatic heterocycles. The predicted octanol–water partition coefficient (Wildman–Crippen LogP) is 2.84. The van der Waals surface area contributed by atoms with Crippen LogP contribution in [0.5, 0.6) is 0 Å². The molecule has 18 heavy (non-hydrogen) atoms. The Labute approximate surface area is 111 Å². The number of hydrogen-bond acceptors (Lipinski definition) is 2. The van der Waals surface area contributed by atoms with Crippen LogP contribution in [0.2, 0.25) is 0 Å². The molecular weight excluding hydrogens is 298 g/mol. The number of aromatic carboxylic acids is 1. The van der Waals surface area contributed by atoms with Gasteiger partial charge in [0, 0.05) is 0 Å². The number of aromatic amines is 1. The second-order valence-electron chi connectivity index (χ2n) is 4.01. The van der Waals surface area contributed by atoms with Crippen LogP contribution in [0.4, 0.5) is 0 Å². The van der Waals surface area contributed by atoms with Gasteiger partial charge in [0.2, 0.25) is 5.78 Å². The third-order valence-corrected chi connectivity index (χ3v) is 3.75. The molecule has 0 bridgehead atoms. The number of nitrogens with one attached hydrogen (secondary N) is 1. The van der Waals surface area contributed by atoms with E-state index in [1.807, 2.05) is 18.2 Å². The number of imidazole rings is 2. The van der Waals surface area contributed by atoms with Crippen molar-refractivity contribution in [3.63, 3.8) is 0 Å². The second-order valence-corrected chi connectivity index (χ2v) is 4.76. The number of H-pyrrole nitrogens is 1. The van der Waals surface area contributed by atoms with E-state index < -0.39 is 5.97 Å². The van der Waals surface area contributed by atoms with Crippen molar-refractivity contribution in [1.29, 1.82) is 0 Å². The van der Waals surface area contributed by atoms with Crippen LogP contribution in [-0.4, -0.2) is 25.4 Å². The maximum atomic E-state index is 11.0. The van der Waals surface area contributed by atoms with Gasteiger partial charge in [0.1, 0.15) is 4.60 Å². The minimum Gasteiger partial charge on any atom is -0.476 e. The number of para-hydroxylation sites is 1. The Kier molecular flexibility index (Phi) is 2.41. The van der Waals surface area contributed by atoms with Gasteiger partial charge >= 0.3 is 5.97 Å². The number of nitrogens with zero attached hydrogens (tertiary/aromatic N) is 2. The molecule has 3 aromatic rings. The zero-order valence-corrected chi connectivity index (χ0v) is 11.2. The van der Waals surface area contributed by atoms with Crippen LogP contribution in [0, 0.1) is 0 Å². The Balaban J connectivity index is 2.45. The van der Waals surface area contributed by atoms with Crippen molar-refractivity contribution in [1.82, 2.24) is 14.4 Å². The number of carbonyl (C=O) groups is 1. The SMILES string of the molecule is CCc1cccc2c1nc1[nH]c(C(=O)O)c(Br)n12. The van der Waals surface area contributed by atoms with Gasteiger partial charge in [-0.05, 0) is 34.0 Å². The van der Waals surface area contributed by atoms with Crippen LogP contribution in [0.25, 0.3) is 16.8 Å². The molecule has 0 aliphatic rings. The molecule has 0 radical (unpaired) electrons. The van der Waals surface area contributed by atoms with Crippen molar-refractivity contribution in [2.45, 2.75) is 13.3 Å². The van der Waals surface area contributed by atoms with Gasteiger partial charge in [0.25, 0.3) is 0 Å². The minimum absolute atomic E-state index is 0.112. The highest BCUT2D eigenvalue weighted by Gasteiger charge is 2.19. The number of aryl methyl sites for hydroxylation is 1. The third-order valence-electron chi connectivity index (χ3n) is 3.00. The number of fused-ring (bicyclic) bond motifs is 3. The van der Waals surface area contributed by atoms with E-state index in [0.717, 1.165) is 23.0 Å². The van der Waals surface area contributed by atoms with E-state index in [1.165, 1.54) is 0 Å². The fraction of sp³-hybridized carbons (Fsp3) is 0.167. The number of halogens is 1. The van der Waals surface area contributed by atoms with E-state index in [9.17, 15) is 4.79 Å². The van der Waals surface area contributed by atoms with E-state index in [4.69, 9.17) is 5.11 Å². The molecule has 0 spiro atoms. The number of carboxylic acid groups (broad SMARTS) is 1. The molecule has 0 saturated carbocycles. The lowest BCUT2D eigenvalue weighted by molar-refractivity contribution is 0.0690. The topological polar surface area (TPSA) is 70.4 Å². The van der Waals surface area contributed by atoms with Crippen LogP contribution in [0.15, 0.2) is 22.8 Å². The zero-order valence-electron chi connectivity index (χ0n) is 9.57. The lowest BCUT2D eigenvalue weighted by atomic mass is 10.1. The molecule has 2 N–H and O–H groups in total. The summed E-state index contributed by atoms with van der Waals surface area (Å²) in [5, 5.41) is 9.06. The monoisotopic (exact) mass is 307 g/mol. The summed E-state index contributed by atoms with van der Waals surface area (Å²) in [7, 11) is 0. The van der Waals surface area contributed by atoms with Crippen LogP contribution in [0.3, 0.4) is 0 Å². The van der Waals surface area contributed by atoms with Crippen molar-refractivity contribution >= 4 is 38.7 Å². The van der Waals surface area contributed by atoms with E-state index in [1.54, 1.807) is 4.40 Å². The Morgan fingerprint density at radius 2 is 2.33 bits per heavy atom. The molecule has 0 fully saturated rings. The number of hydrogen-bond donors (Lipinski definition) is 2.